The number of hydrogen-bond donors (Lipinski definition) is 1. The van der Waals surface area contributed by atoms with Crippen LogP contribution in [0.2, 0.25) is 0 Å². The molecule has 2 fully saturated rings. The van der Waals surface area contributed by atoms with Gasteiger partial charge in [-0.05, 0) is 57.8 Å². The van der Waals surface area contributed by atoms with Gasteiger partial charge in [0.15, 0.2) is 0 Å². The van der Waals surface area contributed by atoms with Gasteiger partial charge in [-0.1, -0.05) is 19.3 Å². The largest absolute Gasteiger partial charge is 0.303 e. The molecule has 0 bridgehead atoms. The van der Waals surface area contributed by atoms with Crippen molar-refractivity contribution in [1.82, 2.24) is 10.3 Å². The number of rotatable bonds is 5. The Morgan fingerprint density at radius 2 is 1.95 bits per heavy atom. The van der Waals surface area contributed by atoms with E-state index in [9.17, 15) is 0 Å². The van der Waals surface area contributed by atoms with Crippen molar-refractivity contribution in [2.75, 3.05) is 0 Å². The minimum absolute atomic E-state index is 0.147. The Kier molecular flexibility index (Phi) is 3.38. The normalized spacial score (nSPS) is 25.9. The highest BCUT2D eigenvalue weighted by Gasteiger charge is 2.39. The molecule has 4 rings (SSSR count). The highest BCUT2D eigenvalue weighted by Crippen LogP contribution is 2.42. The fourth-order valence-electron chi connectivity index (χ4n) is 3.75. The summed E-state index contributed by atoms with van der Waals surface area (Å²) in [6, 6.07) is 0.765. The van der Waals surface area contributed by atoms with Gasteiger partial charge in [-0.2, -0.15) is 0 Å². The van der Waals surface area contributed by atoms with Crippen LogP contribution in [0.25, 0.3) is 0 Å². The first kappa shape index (κ1) is 13.3. The van der Waals surface area contributed by atoms with Gasteiger partial charge in [0.05, 0.1) is 11.2 Å². The van der Waals surface area contributed by atoms with Gasteiger partial charge in [0.2, 0.25) is 0 Å². The quantitative estimate of drug-likeness (QED) is 0.880. The van der Waals surface area contributed by atoms with Crippen LogP contribution in [0.1, 0.15) is 73.9 Å². The molecule has 0 aliphatic heterocycles. The zero-order valence-electron chi connectivity index (χ0n) is 12.6. The smallest absolute Gasteiger partial charge is 0.113 e. The predicted molar refractivity (Wildman–Crippen MR) is 84.2 cm³/mol. The Balaban J connectivity index is 1.59. The molecule has 3 heteroatoms. The molecule has 1 unspecified atom stereocenters. The number of aryl methyl sites for hydroxylation is 2. The molecule has 3 aliphatic rings. The van der Waals surface area contributed by atoms with Crippen LogP contribution in [0.4, 0.5) is 0 Å². The summed E-state index contributed by atoms with van der Waals surface area (Å²) in [4.78, 5) is 6.66. The van der Waals surface area contributed by atoms with Gasteiger partial charge in [-0.15, -0.1) is 11.3 Å². The summed E-state index contributed by atoms with van der Waals surface area (Å²) < 4.78 is 0. The van der Waals surface area contributed by atoms with Crippen molar-refractivity contribution in [2.45, 2.75) is 82.7 Å². The van der Waals surface area contributed by atoms with Crippen molar-refractivity contribution < 1.29 is 0 Å². The lowest BCUT2D eigenvalue weighted by atomic mass is 9.76. The van der Waals surface area contributed by atoms with Gasteiger partial charge in [-0.25, -0.2) is 4.98 Å². The topological polar surface area (TPSA) is 24.9 Å². The van der Waals surface area contributed by atoms with Crippen LogP contribution in [-0.4, -0.2) is 11.0 Å². The van der Waals surface area contributed by atoms with Crippen molar-refractivity contribution in [3.63, 3.8) is 0 Å². The molecule has 0 radical (unpaired) electrons. The molecule has 1 atom stereocenters. The van der Waals surface area contributed by atoms with E-state index in [0.29, 0.717) is 0 Å². The maximum absolute atomic E-state index is 5.07. The van der Waals surface area contributed by atoms with Crippen molar-refractivity contribution in [3.8, 4) is 0 Å². The van der Waals surface area contributed by atoms with Crippen LogP contribution < -0.4 is 5.32 Å². The third-order valence-electron chi connectivity index (χ3n) is 5.34. The van der Waals surface area contributed by atoms with E-state index in [1.807, 2.05) is 11.3 Å². The molecule has 1 aromatic rings. The van der Waals surface area contributed by atoms with Crippen molar-refractivity contribution in [2.24, 2.45) is 5.92 Å². The van der Waals surface area contributed by atoms with Crippen LogP contribution >= 0.6 is 11.3 Å². The average molecular weight is 290 g/mol. The zero-order chi connectivity index (χ0) is 13.6. The molecule has 2 nitrogen and oxygen atoms in total. The average Bonchev–Trinajstić information content (AvgIpc) is 3.08. The first-order valence-corrected chi connectivity index (χ1v) is 9.31. The summed E-state index contributed by atoms with van der Waals surface area (Å²) in [5.74, 6) is 0.937. The molecule has 3 aliphatic carbocycles. The molecule has 0 amide bonds. The molecule has 1 N–H and O–H groups in total. The Labute approximate surface area is 126 Å². The Morgan fingerprint density at radius 1 is 1.15 bits per heavy atom. The second-order valence-corrected chi connectivity index (χ2v) is 8.43. The van der Waals surface area contributed by atoms with Crippen LogP contribution in [0.15, 0.2) is 0 Å². The molecule has 1 aromatic heterocycles. The fourth-order valence-corrected chi connectivity index (χ4v) is 5.02. The summed E-state index contributed by atoms with van der Waals surface area (Å²) in [5, 5.41) is 5.33. The Morgan fingerprint density at radius 3 is 2.60 bits per heavy atom. The predicted octanol–water partition coefficient (Wildman–Crippen LogP) is 4.18. The summed E-state index contributed by atoms with van der Waals surface area (Å²) in [7, 11) is 0. The molecule has 110 valence electrons. The summed E-state index contributed by atoms with van der Waals surface area (Å²) in [6.07, 6.45) is 13.5. The van der Waals surface area contributed by atoms with Crippen molar-refractivity contribution in [3.05, 3.63) is 15.6 Å². The first-order chi connectivity index (χ1) is 9.73. The SMILES string of the molecule is CC(CC1CCC1)(NC1CC1)c1nc2c(s1)CCCC2. The molecule has 20 heavy (non-hydrogen) atoms. The standard InChI is InChI=1S/C17H26N2S/c1-17(19-13-9-10-13,11-12-5-4-6-12)16-18-14-7-2-3-8-15(14)20-16/h12-13,19H,2-11H2,1H3. The zero-order valence-corrected chi connectivity index (χ0v) is 13.4. The Hall–Kier alpha value is -0.410. The third-order valence-corrected chi connectivity index (χ3v) is 6.76. The Bertz CT molecular complexity index is 464. The van der Waals surface area contributed by atoms with E-state index >= 15 is 0 Å². The molecule has 0 saturated heterocycles. The minimum atomic E-state index is 0.147. The number of hydrogen-bond acceptors (Lipinski definition) is 3. The minimum Gasteiger partial charge on any atom is -0.303 e. The maximum atomic E-state index is 5.07. The molecule has 0 spiro atoms. The van der Waals surface area contributed by atoms with Gasteiger partial charge in [0.1, 0.15) is 5.01 Å². The molecule has 2 saturated carbocycles. The van der Waals surface area contributed by atoms with Crippen LogP contribution in [0.5, 0.6) is 0 Å². The van der Waals surface area contributed by atoms with Gasteiger partial charge < -0.3 is 5.32 Å². The number of nitrogens with zero attached hydrogens (tertiary/aromatic N) is 1. The van der Waals surface area contributed by atoms with Gasteiger partial charge in [-0.3, -0.25) is 0 Å². The summed E-state index contributed by atoms with van der Waals surface area (Å²) in [6.45, 7) is 2.42. The van der Waals surface area contributed by atoms with E-state index in [1.165, 1.54) is 74.9 Å². The molecular weight excluding hydrogens is 264 g/mol. The lowest BCUT2D eigenvalue weighted by molar-refractivity contribution is 0.201. The highest BCUT2D eigenvalue weighted by molar-refractivity contribution is 7.11. The first-order valence-electron chi connectivity index (χ1n) is 8.50. The second kappa shape index (κ2) is 5.10. The maximum Gasteiger partial charge on any atom is 0.113 e. The summed E-state index contributed by atoms with van der Waals surface area (Å²) >= 11 is 2.01. The third kappa shape index (κ3) is 2.55. The van der Waals surface area contributed by atoms with E-state index in [2.05, 4.69) is 12.2 Å². The molecule has 0 aromatic carbocycles. The van der Waals surface area contributed by atoms with Crippen LogP contribution in [0.3, 0.4) is 0 Å². The lowest BCUT2D eigenvalue weighted by Gasteiger charge is -2.36. The highest BCUT2D eigenvalue weighted by atomic mass is 32.1. The van der Waals surface area contributed by atoms with Gasteiger partial charge in [0, 0.05) is 10.9 Å². The number of aromatic nitrogens is 1. The van der Waals surface area contributed by atoms with E-state index in [1.54, 1.807) is 4.88 Å². The van der Waals surface area contributed by atoms with Crippen molar-refractivity contribution >= 4 is 11.3 Å². The van der Waals surface area contributed by atoms with E-state index < -0.39 is 0 Å². The molecular formula is C17H26N2S. The number of fused-ring (bicyclic) bond motifs is 1. The second-order valence-electron chi connectivity index (χ2n) is 7.35. The fraction of sp³-hybridized carbons (Fsp3) is 0.824. The van der Waals surface area contributed by atoms with E-state index in [-0.39, 0.29) is 5.54 Å². The van der Waals surface area contributed by atoms with Gasteiger partial charge >= 0.3 is 0 Å². The number of thiazole rings is 1. The van der Waals surface area contributed by atoms with Crippen molar-refractivity contribution in [1.29, 1.82) is 0 Å². The molecule has 1 heterocycles. The van der Waals surface area contributed by atoms with E-state index in [0.717, 1.165) is 12.0 Å². The monoisotopic (exact) mass is 290 g/mol. The van der Waals surface area contributed by atoms with E-state index in [4.69, 9.17) is 4.98 Å². The lowest BCUT2D eigenvalue weighted by Crippen LogP contribution is -2.43. The summed E-state index contributed by atoms with van der Waals surface area (Å²) in [5.41, 5.74) is 1.57. The van der Waals surface area contributed by atoms with Crippen LogP contribution in [0, 0.1) is 5.92 Å². The van der Waals surface area contributed by atoms with Gasteiger partial charge in [0.25, 0.3) is 0 Å². The van der Waals surface area contributed by atoms with Crippen LogP contribution in [-0.2, 0) is 18.4 Å². The number of nitrogens with one attached hydrogen (secondary N) is 1.